The lowest BCUT2D eigenvalue weighted by Crippen LogP contribution is -2.51. The van der Waals surface area contributed by atoms with Crippen molar-refractivity contribution in [2.75, 3.05) is 23.7 Å². The number of nitrogens with one attached hydrogen (secondary N) is 1. The number of sulfonamides is 1. The summed E-state index contributed by atoms with van der Waals surface area (Å²) in [5.74, 6) is -1.25. The van der Waals surface area contributed by atoms with Crippen LogP contribution in [0.25, 0.3) is 0 Å². The molecule has 0 bridgehead atoms. The van der Waals surface area contributed by atoms with Gasteiger partial charge in [0.05, 0.1) is 22.5 Å². The first-order chi connectivity index (χ1) is 16.6. The van der Waals surface area contributed by atoms with Crippen LogP contribution < -0.4 is 9.62 Å². The summed E-state index contributed by atoms with van der Waals surface area (Å²) in [5.41, 5.74) is -0.958. The molecule has 13 heteroatoms. The second-order valence-electron chi connectivity index (χ2n) is 8.05. The van der Waals surface area contributed by atoms with Gasteiger partial charge in [-0.2, -0.15) is 13.2 Å². The summed E-state index contributed by atoms with van der Waals surface area (Å²) in [6.45, 7) is 2.82. The number of hydrogen-bond acceptors (Lipinski definition) is 4. The van der Waals surface area contributed by atoms with Crippen molar-refractivity contribution in [1.29, 1.82) is 0 Å². The van der Waals surface area contributed by atoms with Crippen LogP contribution in [-0.4, -0.2) is 50.5 Å². The number of amides is 2. The largest absolute Gasteiger partial charge is 0.416 e. The van der Waals surface area contributed by atoms with Gasteiger partial charge in [0, 0.05) is 17.6 Å². The number of benzene rings is 2. The molecule has 0 radical (unpaired) electrons. The summed E-state index contributed by atoms with van der Waals surface area (Å²) in [6.07, 6.45) is -3.34. The van der Waals surface area contributed by atoms with E-state index in [9.17, 15) is 31.2 Å². The van der Waals surface area contributed by atoms with Crippen LogP contribution in [0.5, 0.6) is 0 Å². The van der Waals surface area contributed by atoms with Crippen LogP contribution in [0.4, 0.5) is 18.9 Å². The Balaban J connectivity index is 2.47. The summed E-state index contributed by atoms with van der Waals surface area (Å²) >= 11 is 9.38. The molecule has 0 fully saturated rings. The van der Waals surface area contributed by atoms with Crippen molar-refractivity contribution >= 4 is 55.1 Å². The van der Waals surface area contributed by atoms with Gasteiger partial charge < -0.3 is 10.2 Å². The van der Waals surface area contributed by atoms with E-state index in [1.165, 1.54) is 11.8 Å². The van der Waals surface area contributed by atoms with Gasteiger partial charge in [-0.05, 0) is 49.2 Å². The molecule has 0 unspecified atom stereocenters. The van der Waals surface area contributed by atoms with Crippen LogP contribution >= 0.6 is 27.5 Å². The van der Waals surface area contributed by atoms with Crippen LogP contribution in [0.3, 0.4) is 0 Å². The molecule has 2 rings (SSSR count). The molecule has 36 heavy (non-hydrogen) atoms. The Labute approximate surface area is 221 Å². The minimum atomic E-state index is -4.76. The summed E-state index contributed by atoms with van der Waals surface area (Å²) in [7, 11) is -4.24. The van der Waals surface area contributed by atoms with E-state index in [4.69, 9.17) is 11.6 Å². The van der Waals surface area contributed by atoms with E-state index in [-0.39, 0.29) is 11.6 Å². The first-order valence-electron chi connectivity index (χ1n) is 10.8. The number of hydrogen-bond donors (Lipinski definition) is 1. The molecule has 2 aromatic rings. The maximum atomic E-state index is 13.4. The zero-order chi connectivity index (χ0) is 27.3. The van der Waals surface area contributed by atoms with Crippen LogP contribution in [0.2, 0.25) is 5.02 Å². The third-order valence-corrected chi connectivity index (χ3v) is 7.18. The van der Waals surface area contributed by atoms with Crippen molar-refractivity contribution < 1.29 is 31.2 Å². The fourth-order valence-corrected chi connectivity index (χ4v) is 4.63. The van der Waals surface area contributed by atoms with Gasteiger partial charge >= 0.3 is 6.18 Å². The van der Waals surface area contributed by atoms with Crippen molar-refractivity contribution in [3.63, 3.8) is 0 Å². The van der Waals surface area contributed by atoms with E-state index in [1.54, 1.807) is 24.3 Å². The van der Waals surface area contributed by atoms with Crippen LogP contribution in [-0.2, 0) is 32.3 Å². The molecule has 2 aromatic carbocycles. The van der Waals surface area contributed by atoms with Crippen molar-refractivity contribution in [3.05, 3.63) is 63.1 Å². The number of nitrogens with zero attached hydrogens (tertiary/aromatic N) is 2. The van der Waals surface area contributed by atoms with Gasteiger partial charge in [0.15, 0.2) is 0 Å². The van der Waals surface area contributed by atoms with Gasteiger partial charge in [0.2, 0.25) is 21.8 Å². The topological polar surface area (TPSA) is 86.8 Å². The van der Waals surface area contributed by atoms with E-state index < -0.39 is 51.9 Å². The third kappa shape index (κ3) is 8.10. The normalized spacial score (nSPS) is 12.7. The number of carbonyl (C=O) groups excluding carboxylic acids is 2. The first-order valence-corrected chi connectivity index (χ1v) is 13.8. The van der Waals surface area contributed by atoms with E-state index in [2.05, 4.69) is 21.2 Å². The zero-order valence-corrected chi connectivity index (χ0v) is 22.9. The summed E-state index contributed by atoms with van der Waals surface area (Å²) in [4.78, 5) is 27.3. The molecule has 198 valence electrons. The molecule has 0 saturated heterocycles. The molecule has 7 nitrogen and oxygen atoms in total. The van der Waals surface area contributed by atoms with E-state index in [0.717, 1.165) is 16.8 Å². The lowest BCUT2D eigenvalue weighted by Gasteiger charge is -2.32. The Morgan fingerprint density at radius 1 is 1.14 bits per heavy atom. The maximum Gasteiger partial charge on any atom is 0.416 e. The Bertz CT molecular complexity index is 1190. The monoisotopic (exact) mass is 611 g/mol. The number of carbonyl (C=O) groups is 2. The zero-order valence-electron chi connectivity index (χ0n) is 19.8. The Morgan fingerprint density at radius 2 is 1.75 bits per heavy atom. The van der Waals surface area contributed by atoms with Gasteiger partial charge in [0.1, 0.15) is 12.6 Å². The number of anilines is 1. The molecule has 2 amide bonds. The minimum absolute atomic E-state index is 0.0409. The van der Waals surface area contributed by atoms with Crippen molar-refractivity contribution in [2.24, 2.45) is 0 Å². The molecule has 0 aromatic heterocycles. The first kappa shape index (κ1) is 29.9. The SMILES string of the molecule is CCCNC(=O)[C@@H](C)N(Cc1ccc(Br)cc1)C(=O)CN(c1cc(C(F)(F)F)ccc1Cl)S(C)(=O)=O. The predicted molar refractivity (Wildman–Crippen MR) is 136 cm³/mol. The number of rotatable bonds is 10. The van der Waals surface area contributed by atoms with Gasteiger partial charge in [0.25, 0.3) is 0 Å². The molecule has 0 aliphatic carbocycles. The fraction of sp³-hybridized carbons (Fsp3) is 0.391. The highest BCUT2D eigenvalue weighted by molar-refractivity contribution is 9.10. The Hall–Kier alpha value is -2.31. The smallest absolute Gasteiger partial charge is 0.354 e. The average molecular weight is 613 g/mol. The predicted octanol–water partition coefficient (Wildman–Crippen LogP) is 4.83. The van der Waals surface area contributed by atoms with Crippen molar-refractivity contribution in [1.82, 2.24) is 10.2 Å². The van der Waals surface area contributed by atoms with Gasteiger partial charge in [-0.25, -0.2) is 8.42 Å². The fourth-order valence-electron chi connectivity index (χ4n) is 3.24. The summed E-state index contributed by atoms with van der Waals surface area (Å²) < 4.78 is 66.3. The number of alkyl halides is 3. The van der Waals surface area contributed by atoms with E-state index >= 15 is 0 Å². The lowest BCUT2D eigenvalue weighted by molar-refractivity contribution is -0.139. The molecule has 1 atom stereocenters. The highest BCUT2D eigenvalue weighted by Gasteiger charge is 2.34. The molecular weight excluding hydrogens is 587 g/mol. The molecule has 1 N–H and O–H groups in total. The van der Waals surface area contributed by atoms with Crippen LogP contribution in [0.1, 0.15) is 31.4 Å². The molecule has 0 aliphatic heterocycles. The molecule has 0 spiro atoms. The molecular formula is C23H26BrClF3N3O4S. The minimum Gasteiger partial charge on any atom is -0.354 e. The van der Waals surface area contributed by atoms with Gasteiger partial charge in [-0.15, -0.1) is 0 Å². The molecule has 0 saturated carbocycles. The molecule has 0 heterocycles. The highest BCUT2D eigenvalue weighted by atomic mass is 79.9. The van der Waals surface area contributed by atoms with Gasteiger partial charge in [-0.1, -0.05) is 46.6 Å². The third-order valence-electron chi connectivity index (χ3n) is 5.20. The molecule has 0 aliphatic rings. The average Bonchev–Trinajstić information content (AvgIpc) is 2.79. The van der Waals surface area contributed by atoms with Crippen molar-refractivity contribution in [3.8, 4) is 0 Å². The Kier molecular flexibility index (Phi) is 10.2. The Morgan fingerprint density at radius 3 is 2.28 bits per heavy atom. The van der Waals surface area contributed by atoms with E-state index in [1.807, 2.05) is 6.92 Å². The second kappa shape index (κ2) is 12.3. The van der Waals surface area contributed by atoms with Crippen LogP contribution in [0, 0.1) is 0 Å². The summed E-state index contributed by atoms with van der Waals surface area (Å²) in [6, 6.07) is 8.14. The van der Waals surface area contributed by atoms with Gasteiger partial charge in [-0.3, -0.25) is 13.9 Å². The quantitative estimate of drug-likeness (QED) is 0.417. The van der Waals surface area contributed by atoms with Crippen LogP contribution in [0.15, 0.2) is 46.9 Å². The lowest BCUT2D eigenvalue weighted by atomic mass is 10.1. The summed E-state index contributed by atoms with van der Waals surface area (Å²) in [5, 5.41) is 2.41. The standard InChI is InChI=1S/C23H26BrClF3N3O4S/c1-4-11-29-22(33)15(2)30(13-16-5-8-18(24)9-6-16)21(32)14-31(36(3,34)35)20-12-17(23(26,27)28)7-10-19(20)25/h5-10,12,15H,4,11,13-14H2,1-3H3,(H,29,33)/t15-/m1/s1. The highest BCUT2D eigenvalue weighted by Crippen LogP contribution is 2.36. The second-order valence-corrected chi connectivity index (χ2v) is 11.3. The number of halogens is 5. The van der Waals surface area contributed by atoms with Crippen molar-refractivity contribution in [2.45, 2.75) is 39.0 Å². The van der Waals surface area contributed by atoms with E-state index in [0.29, 0.717) is 35.0 Å². The maximum absolute atomic E-state index is 13.4.